The Balaban J connectivity index is 1.82. The number of hydrogen-bond acceptors (Lipinski definition) is 5. The van der Waals surface area contributed by atoms with Crippen molar-refractivity contribution in [1.29, 1.82) is 0 Å². The van der Waals surface area contributed by atoms with Crippen molar-refractivity contribution < 1.29 is 19.4 Å². The number of benzene rings is 1. The Morgan fingerprint density at radius 3 is 2.67 bits per heavy atom. The Kier molecular flexibility index (Phi) is 4.36. The molecule has 3 rings (SSSR count). The number of carbonyl (C=O) groups is 2. The van der Waals surface area contributed by atoms with Gasteiger partial charge in [-0.1, -0.05) is 30.3 Å². The maximum absolute atomic E-state index is 12.3. The number of fused-ring (bicyclic) bond motifs is 1. The van der Waals surface area contributed by atoms with Crippen LogP contribution in [0.4, 0.5) is 0 Å². The number of aliphatic hydroxyl groups is 1. The largest absolute Gasteiger partial charge is 0.469 e. The van der Waals surface area contributed by atoms with Crippen molar-refractivity contribution in [3.05, 3.63) is 35.9 Å². The average Bonchev–Trinajstić information content (AvgIpc) is 3.20. The zero-order valence-electron chi connectivity index (χ0n) is 13.9. The molecule has 0 spiro atoms. The number of aliphatic hydroxyl groups excluding tert-OH is 1. The summed E-state index contributed by atoms with van der Waals surface area (Å²) in [7, 11) is 1.34. The highest BCUT2D eigenvalue weighted by Crippen LogP contribution is 2.63. The molecule has 0 radical (unpaired) electrons. The lowest BCUT2D eigenvalue weighted by atomic mass is 9.86. The fourth-order valence-electron chi connectivity index (χ4n) is 4.46. The number of methoxy groups -OCH3 is 1. The lowest BCUT2D eigenvalue weighted by molar-refractivity contribution is -0.141. The third-order valence-electron chi connectivity index (χ3n) is 5.62. The molecular formula is C18H24N2O4. The van der Waals surface area contributed by atoms with Gasteiger partial charge < -0.3 is 15.6 Å². The number of nitrogens with one attached hydrogen (secondary N) is 1. The fourth-order valence-corrected chi connectivity index (χ4v) is 4.46. The first-order chi connectivity index (χ1) is 11.4. The molecule has 24 heavy (non-hydrogen) atoms. The zero-order chi connectivity index (χ0) is 17.5. The first-order valence-corrected chi connectivity index (χ1v) is 8.28. The Hall–Kier alpha value is -1.92. The summed E-state index contributed by atoms with van der Waals surface area (Å²) >= 11 is 0. The fraction of sp³-hybridized carbons (Fsp3) is 0.556. The van der Waals surface area contributed by atoms with E-state index in [-0.39, 0.29) is 42.6 Å². The van der Waals surface area contributed by atoms with E-state index in [0.717, 1.165) is 5.56 Å². The zero-order valence-corrected chi connectivity index (χ0v) is 13.9. The molecule has 2 aliphatic carbocycles. The Bertz CT molecular complexity index is 635. The quantitative estimate of drug-likeness (QED) is 0.667. The number of ether oxygens (including phenoxy) is 1. The molecule has 0 bridgehead atoms. The summed E-state index contributed by atoms with van der Waals surface area (Å²) in [5.74, 6) is -1.06. The molecule has 6 atom stereocenters. The monoisotopic (exact) mass is 332 g/mol. The van der Waals surface area contributed by atoms with Gasteiger partial charge in [0.1, 0.15) is 5.54 Å². The van der Waals surface area contributed by atoms with Gasteiger partial charge >= 0.3 is 5.97 Å². The van der Waals surface area contributed by atoms with Crippen LogP contribution in [0, 0.1) is 17.8 Å². The van der Waals surface area contributed by atoms with Gasteiger partial charge in [-0.15, -0.1) is 0 Å². The molecule has 2 saturated carbocycles. The SMILES string of the molecule is COC(=O)C[C@H]1[C@H]2[C@@H]1[C@](N[C@H](C)c1ccccc1)(C(N)=O)C[C@@H]2O. The summed E-state index contributed by atoms with van der Waals surface area (Å²) in [6.45, 7) is 1.97. The van der Waals surface area contributed by atoms with E-state index in [1.54, 1.807) is 0 Å². The van der Waals surface area contributed by atoms with Crippen molar-refractivity contribution in [3.63, 3.8) is 0 Å². The van der Waals surface area contributed by atoms with Crippen LogP contribution < -0.4 is 11.1 Å². The second kappa shape index (κ2) is 6.18. The van der Waals surface area contributed by atoms with E-state index < -0.39 is 17.6 Å². The van der Waals surface area contributed by atoms with Crippen LogP contribution in [0.5, 0.6) is 0 Å². The summed E-state index contributed by atoms with van der Waals surface area (Å²) in [5, 5.41) is 13.7. The summed E-state index contributed by atoms with van der Waals surface area (Å²) in [5.41, 5.74) is 5.79. The van der Waals surface area contributed by atoms with Gasteiger partial charge in [0.15, 0.2) is 0 Å². The number of rotatable bonds is 6. The van der Waals surface area contributed by atoms with E-state index in [1.807, 2.05) is 37.3 Å². The standard InChI is InChI=1S/C18H24N2O4/c1-10(11-6-4-3-5-7-11)20-18(17(19)23)9-13(21)15-12(16(15)18)8-14(22)24-2/h3-7,10,12-13,15-16,20-21H,8-9H2,1-2H3,(H2,19,23)/t10-,12+,13+,15-,16-,18+/m1/s1. The molecule has 6 nitrogen and oxygen atoms in total. The van der Waals surface area contributed by atoms with Gasteiger partial charge in [0.25, 0.3) is 0 Å². The van der Waals surface area contributed by atoms with Gasteiger partial charge in [-0.05, 0) is 30.2 Å². The lowest BCUT2D eigenvalue weighted by Gasteiger charge is -2.34. The summed E-state index contributed by atoms with van der Waals surface area (Å²) in [4.78, 5) is 23.9. The maximum atomic E-state index is 12.3. The molecule has 0 aromatic heterocycles. The van der Waals surface area contributed by atoms with Gasteiger partial charge in [0, 0.05) is 18.9 Å². The average molecular weight is 332 g/mol. The predicted octanol–water partition coefficient (Wildman–Crippen LogP) is 0.751. The molecule has 1 aromatic carbocycles. The van der Waals surface area contributed by atoms with Crippen LogP contribution in [0.1, 0.15) is 31.4 Å². The molecule has 0 unspecified atom stereocenters. The van der Waals surface area contributed by atoms with Gasteiger partial charge in [-0.3, -0.25) is 14.9 Å². The normalized spacial score (nSPS) is 35.1. The third kappa shape index (κ3) is 2.70. The number of esters is 1. The van der Waals surface area contributed by atoms with Crippen molar-refractivity contribution in [1.82, 2.24) is 5.32 Å². The minimum absolute atomic E-state index is 0.0656. The van der Waals surface area contributed by atoms with Crippen molar-refractivity contribution in [3.8, 4) is 0 Å². The molecular weight excluding hydrogens is 308 g/mol. The van der Waals surface area contributed by atoms with Gasteiger partial charge in [-0.25, -0.2) is 0 Å². The van der Waals surface area contributed by atoms with Crippen LogP contribution in [0.2, 0.25) is 0 Å². The molecule has 2 fully saturated rings. The highest BCUT2D eigenvalue weighted by atomic mass is 16.5. The molecule has 130 valence electrons. The first kappa shape index (κ1) is 16.9. The first-order valence-electron chi connectivity index (χ1n) is 8.28. The van der Waals surface area contributed by atoms with Crippen molar-refractivity contribution in [2.75, 3.05) is 7.11 Å². The van der Waals surface area contributed by atoms with Crippen LogP contribution in [-0.4, -0.2) is 35.7 Å². The maximum Gasteiger partial charge on any atom is 0.305 e. The highest BCUT2D eigenvalue weighted by Gasteiger charge is 2.71. The van der Waals surface area contributed by atoms with E-state index in [4.69, 9.17) is 10.5 Å². The van der Waals surface area contributed by atoms with Crippen LogP contribution in [-0.2, 0) is 14.3 Å². The molecule has 0 saturated heterocycles. The van der Waals surface area contributed by atoms with Gasteiger partial charge in [0.2, 0.25) is 5.91 Å². The summed E-state index contributed by atoms with van der Waals surface area (Å²) in [6.07, 6.45) is -0.140. The molecule has 0 heterocycles. The number of carbonyl (C=O) groups excluding carboxylic acids is 2. The summed E-state index contributed by atoms with van der Waals surface area (Å²) < 4.78 is 4.72. The van der Waals surface area contributed by atoms with E-state index in [2.05, 4.69) is 5.32 Å². The van der Waals surface area contributed by atoms with Crippen molar-refractivity contribution in [2.24, 2.45) is 23.5 Å². The number of amides is 1. The van der Waals surface area contributed by atoms with Crippen LogP contribution in [0.25, 0.3) is 0 Å². The van der Waals surface area contributed by atoms with Gasteiger partial charge in [0.05, 0.1) is 13.2 Å². The highest BCUT2D eigenvalue weighted by molar-refractivity contribution is 5.87. The smallest absolute Gasteiger partial charge is 0.305 e. The minimum atomic E-state index is -0.988. The third-order valence-corrected chi connectivity index (χ3v) is 5.62. The molecule has 0 aliphatic heterocycles. The lowest BCUT2D eigenvalue weighted by Crippen LogP contribution is -2.58. The minimum Gasteiger partial charge on any atom is -0.469 e. The van der Waals surface area contributed by atoms with E-state index in [1.165, 1.54) is 7.11 Å². The van der Waals surface area contributed by atoms with Crippen LogP contribution in [0.15, 0.2) is 30.3 Å². The van der Waals surface area contributed by atoms with Crippen molar-refractivity contribution in [2.45, 2.75) is 37.5 Å². The van der Waals surface area contributed by atoms with Crippen molar-refractivity contribution >= 4 is 11.9 Å². The van der Waals surface area contributed by atoms with E-state index in [0.29, 0.717) is 0 Å². The molecule has 1 aromatic rings. The number of hydrogen-bond donors (Lipinski definition) is 3. The molecule has 1 amide bonds. The second-order valence-corrected chi connectivity index (χ2v) is 6.93. The van der Waals surface area contributed by atoms with Crippen LogP contribution >= 0.6 is 0 Å². The Morgan fingerprint density at radius 2 is 2.08 bits per heavy atom. The predicted molar refractivity (Wildman–Crippen MR) is 87.6 cm³/mol. The topological polar surface area (TPSA) is 102 Å². The van der Waals surface area contributed by atoms with E-state index >= 15 is 0 Å². The Labute approximate surface area is 141 Å². The summed E-state index contributed by atoms with van der Waals surface area (Å²) in [6, 6.07) is 9.68. The number of primary amides is 1. The number of nitrogens with two attached hydrogens (primary N) is 1. The molecule has 4 N–H and O–H groups in total. The van der Waals surface area contributed by atoms with E-state index in [9.17, 15) is 14.7 Å². The Morgan fingerprint density at radius 1 is 1.42 bits per heavy atom. The molecule has 6 heteroatoms. The molecule has 2 aliphatic rings. The second-order valence-electron chi connectivity index (χ2n) is 6.93. The van der Waals surface area contributed by atoms with Crippen LogP contribution in [0.3, 0.4) is 0 Å². The van der Waals surface area contributed by atoms with Gasteiger partial charge in [-0.2, -0.15) is 0 Å².